The van der Waals surface area contributed by atoms with E-state index in [4.69, 9.17) is 5.73 Å². The van der Waals surface area contributed by atoms with Crippen molar-refractivity contribution in [1.29, 1.82) is 0 Å². The minimum absolute atomic E-state index is 0.0477. The van der Waals surface area contributed by atoms with E-state index >= 15 is 0 Å². The van der Waals surface area contributed by atoms with E-state index < -0.39 is 41.2 Å². The molecule has 1 saturated heterocycles. The van der Waals surface area contributed by atoms with Crippen molar-refractivity contribution < 1.29 is 23.2 Å². The first-order valence-electron chi connectivity index (χ1n) is 9.85. The van der Waals surface area contributed by atoms with Gasteiger partial charge in [0.2, 0.25) is 11.8 Å². The largest absolute Gasteiger partial charge is 0.338 e. The Morgan fingerprint density at radius 2 is 1.84 bits per heavy atom. The number of nitrogens with one attached hydrogen (secondary N) is 4. The van der Waals surface area contributed by atoms with Crippen molar-refractivity contribution >= 4 is 35.2 Å². The number of hydrogen-bond acceptors (Lipinski definition) is 6. The Bertz CT molecular complexity index is 1010. The highest BCUT2D eigenvalue weighted by Gasteiger charge is 2.35. The summed E-state index contributed by atoms with van der Waals surface area (Å²) in [6, 6.07) is 9.00. The molecule has 2 aromatic rings. The molecule has 8 nitrogen and oxygen atoms in total. The van der Waals surface area contributed by atoms with Gasteiger partial charge in [-0.2, -0.15) is 0 Å². The number of aryl methyl sites for hydroxylation is 1. The molecule has 1 aliphatic rings. The van der Waals surface area contributed by atoms with Gasteiger partial charge in [-0.15, -0.1) is 11.8 Å². The van der Waals surface area contributed by atoms with Gasteiger partial charge >= 0.3 is 0 Å². The van der Waals surface area contributed by atoms with Crippen molar-refractivity contribution in [2.24, 2.45) is 5.73 Å². The van der Waals surface area contributed by atoms with Crippen molar-refractivity contribution in [3.8, 4) is 0 Å². The van der Waals surface area contributed by atoms with E-state index in [-0.39, 0.29) is 17.2 Å². The van der Waals surface area contributed by atoms with E-state index in [1.807, 2.05) is 31.2 Å². The van der Waals surface area contributed by atoms with Crippen LogP contribution in [0.5, 0.6) is 0 Å². The molecule has 170 valence electrons. The number of thioether (sulfide) groups is 1. The smallest absolute Gasteiger partial charge is 0.252 e. The Balaban J connectivity index is 1.49. The molecule has 1 aliphatic heterocycles. The molecule has 0 radical (unpaired) electrons. The maximum Gasteiger partial charge on any atom is 0.252 e. The number of anilines is 1. The number of carbonyl (C=O) groups is 3. The molecule has 3 unspecified atom stereocenters. The van der Waals surface area contributed by atoms with Gasteiger partial charge in [-0.1, -0.05) is 19.1 Å². The predicted octanol–water partition coefficient (Wildman–Crippen LogP) is 1.29. The molecule has 2 aromatic carbocycles. The van der Waals surface area contributed by atoms with Crippen LogP contribution in [0.25, 0.3) is 0 Å². The minimum atomic E-state index is -1.18. The number of hydrogen-bond donors (Lipinski definition) is 5. The zero-order valence-electron chi connectivity index (χ0n) is 17.2. The van der Waals surface area contributed by atoms with Crippen molar-refractivity contribution in [1.82, 2.24) is 16.0 Å². The number of rotatable bonds is 7. The van der Waals surface area contributed by atoms with Crippen LogP contribution in [0.3, 0.4) is 0 Å². The number of amides is 3. The summed E-state index contributed by atoms with van der Waals surface area (Å²) in [6.45, 7) is 2.04. The fraction of sp³-hybridized carbons (Fsp3) is 0.286. The number of halogens is 2. The first kappa shape index (κ1) is 23.6. The van der Waals surface area contributed by atoms with E-state index in [1.165, 1.54) is 0 Å². The molecule has 11 heteroatoms. The first-order valence-corrected chi connectivity index (χ1v) is 10.9. The van der Waals surface area contributed by atoms with Crippen LogP contribution in [0.1, 0.15) is 22.8 Å². The second-order valence-corrected chi connectivity index (χ2v) is 8.16. The van der Waals surface area contributed by atoms with Crippen LogP contribution in [0.15, 0.2) is 42.5 Å². The summed E-state index contributed by atoms with van der Waals surface area (Å²) in [5.41, 5.74) is 6.99. The lowest BCUT2D eigenvalue weighted by Crippen LogP contribution is -2.70. The summed E-state index contributed by atoms with van der Waals surface area (Å²) in [5.74, 6) is -3.81. The molecule has 3 amide bonds. The fourth-order valence-electron chi connectivity index (χ4n) is 2.98. The lowest BCUT2D eigenvalue weighted by atomic mass is 10.1. The van der Waals surface area contributed by atoms with Crippen LogP contribution in [0.2, 0.25) is 0 Å². The summed E-state index contributed by atoms with van der Waals surface area (Å²) in [5, 5.41) is 10.7. The first-order chi connectivity index (χ1) is 15.3. The van der Waals surface area contributed by atoms with E-state index in [9.17, 15) is 23.2 Å². The molecule has 3 atom stereocenters. The van der Waals surface area contributed by atoms with Gasteiger partial charge in [-0.3, -0.25) is 19.7 Å². The van der Waals surface area contributed by atoms with Crippen molar-refractivity contribution in [2.75, 3.05) is 11.1 Å². The Labute approximate surface area is 187 Å². The van der Waals surface area contributed by atoms with Gasteiger partial charge in [0.1, 0.15) is 11.5 Å². The third-order valence-corrected chi connectivity index (χ3v) is 5.77. The van der Waals surface area contributed by atoms with E-state index in [0.29, 0.717) is 5.69 Å². The zero-order valence-corrected chi connectivity index (χ0v) is 18.0. The fourth-order valence-corrected chi connectivity index (χ4v) is 3.82. The molecule has 32 heavy (non-hydrogen) atoms. The Morgan fingerprint density at radius 3 is 2.47 bits per heavy atom. The van der Waals surface area contributed by atoms with Gasteiger partial charge in [0.15, 0.2) is 11.6 Å². The van der Waals surface area contributed by atoms with Crippen LogP contribution >= 0.6 is 11.8 Å². The summed E-state index contributed by atoms with van der Waals surface area (Å²) in [7, 11) is 0. The van der Waals surface area contributed by atoms with Crippen LogP contribution in [-0.2, 0) is 16.0 Å². The van der Waals surface area contributed by atoms with Crippen molar-refractivity contribution in [3.63, 3.8) is 0 Å². The lowest BCUT2D eigenvalue weighted by Gasteiger charge is -2.35. The Hall–Kier alpha value is -3.02. The number of benzene rings is 2. The van der Waals surface area contributed by atoms with Crippen LogP contribution in [0, 0.1) is 11.6 Å². The normalized spacial score (nSPS) is 20.4. The second kappa shape index (κ2) is 10.5. The van der Waals surface area contributed by atoms with E-state index in [2.05, 4.69) is 21.3 Å². The van der Waals surface area contributed by atoms with Gasteiger partial charge in [0, 0.05) is 11.3 Å². The molecule has 6 N–H and O–H groups in total. The lowest BCUT2D eigenvalue weighted by molar-refractivity contribution is -0.125. The average Bonchev–Trinajstić information content (AvgIpc) is 2.77. The zero-order chi connectivity index (χ0) is 23.3. The standard InChI is InChI=1S/C21H23F2N5O3S/c1-2-11-3-6-13(7-4-11)25-16(29)10-32-21-27-18(24)17(20(31)28-21)26-19(30)12-5-8-14(22)15(23)9-12/h3-9,17-18,21,27H,2,10,24H2,1H3,(H,25,29)(H,26,30)(H,28,31). The molecule has 0 spiro atoms. The Morgan fingerprint density at radius 1 is 1.12 bits per heavy atom. The summed E-state index contributed by atoms with van der Waals surface area (Å²) >= 11 is 1.12. The van der Waals surface area contributed by atoms with Gasteiger partial charge in [-0.05, 0) is 42.3 Å². The molecule has 0 aliphatic carbocycles. The molecule has 3 rings (SSSR count). The quantitative estimate of drug-likeness (QED) is 0.421. The molecular formula is C21H23F2N5O3S. The monoisotopic (exact) mass is 463 g/mol. The minimum Gasteiger partial charge on any atom is -0.338 e. The van der Waals surface area contributed by atoms with Gasteiger partial charge < -0.3 is 21.7 Å². The molecule has 0 saturated carbocycles. The van der Waals surface area contributed by atoms with Gasteiger partial charge in [-0.25, -0.2) is 8.78 Å². The SMILES string of the molecule is CCc1ccc(NC(=O)CSC2NC(=O)C(NC(=O)c3ccc(F)c(F)c3)C(N)N2)cc1. The van der Waals surface area contributed by atoms with Crippen LogP contribution < -0.4 is 27.0 Å². The third kappa shape index (κ3) is 6.02. The van der Waals surface area contributed by atoms with Gasteiger partial charge in [0.25, 0.3) is 5.91 Å². The van der Waals surface area contributed by atoms with Gasteiger partial charge in [0.05, 0.1) is 11.9 Å². The van der Waals surface area contributed by atoms with Crippen LogP contribution in [0.4, 0.5) is 14.5 Å². The highest BCUT2D eigenvalue weighted by Crippen LogP contribution is 2.15. The molecule has 0 bridgehead atoms. The number of nitrogens with two attached hydrogens (primary N) is 1. The maximum atomic E-state index is 13.3. The summed E-state index contributed by atoms with van der Waals surface area (Å²) in [6.07, 6.45) is -0.0558. The second-order valence-electron chi connectivity index (χ2n) is 7.07. The average molecular weight is 464 g/mol. The van der Waals surface area contributed by atoms with E-state index in [1.54, 1.807) is 0 Å². The van der Waals surface area contributed by atoms with E-state index in [0.717, 1.165) is 41.9 Å². The topological polar surface area (TPSA) is 125 Å². The maximum absolute atomic E-state index is 13.3. The predicted molar refractivity (Wildman–Crippen MR) is 118 cm³/mol. The molecule has 0 aromatic heterocycles. The Kier molecular flexibility index (Phi) is 7.78. The molecule has 1 heterocycles. The molecular weight excluding hydrogens is 440 g/mol. The molecule has 1 fully saturated rings. The highest BCUT2D eigenvalue weighted by molar-refractivity contribution is 8.00. The van der Waals surface area contributed by atoms with Crippen LogP contribution in [-0.4, -0.2) is 41.2 Å². The number of carbonyl (C=O) groups excluding carboxylic acids is 3. The van der Waals surface area contributed by atoms with Crippen molar-refractivity contribution in [3.05, 3.63) is 65.2 Å². The summed E-state index contributed by atoms with van der Waals surface area (Å²) in [4.78, 5) is 36.8. The summed E-state index contributed by atoms with van der Waals surface area (Å²) < 4.78 is 26.4. The van der Waals surface area contributed by atoms with Crippen molar-refractivity contribution in [2.45, 2.75) is 31.0 Å². The highest BCUT2D eigenvalue weighted by atomic mass is 32.2. The third-order valence-electron chi connectivity index (χ3n) is 4.75.